The maximum Gasteiger partial charge on any atom is 0.338 e. The van der Waals surface area contributed by atoms with Crippen LogP contribution in [0.15, 0.2) is 109 Å². The maximum absolute atomic E-state index is 14.6. The minimum Gasteiger partial charge on any atom is -0.461 e. The Labute approximate surface area is 219 Å². The van der Waals surface area contributed by atoms with Crippen LogP contribution in [0.25, 0.3) is 22.3 Å². The summed E-state index contributed by atoms with van der Waals surface area (Å²) in [7, 11) is 0. The lowest BCUT2D eigenvalue weighted by molar-refractivity contribution is 0.00476. The third-order valence-electron chi connectivity index (χ3n) is 6.27. The van der Waals surface area contributed by atoms with Crippen molar-refractivity contribution in [2.45, 2.75) is 17.5 Å². The van der Waals surface area contributed by atoms with Crippen LogP contribution in [-0.2, 0) is 9.47 Å². The number of hydrogen-bond acceptors (Lipinski definition) is 5. The summed E-state index contributed by atoms with van der Waals surface area (Å²) in [5, 5.41) is -0.477. The second-order valence-electron chi connectivity index (χ2n) is 8.74. The van der Waals surface area contributed by atoms with E-state index in [0.29, 0.717) is 11.1 Å². The van der Waals surface area contributed by atoms with E-state index in [1.807, 2.05) is 84.9 Å². The van der Waals surface area contributed by atoms with Gasteiger partial charge >= 0.3 is 11.9 Å². The molecule has 0 aromatic heterocycles. The summed E-state index contributed by atoms with van der Waals surface area (Å²) in [6.45, 7) is -0.0464. The van der Waals surface area contributed by atoms with Gasteiger partial charge in [-0.05, 0) is 46.5 Å². The molecule has 1 saturated heterocycles. The summed E-state index contributed by atoms with van der Waals surface area (Å²) in [6.07, 6.45) is -2.31. The number of alkyl halides is 1. The zero-order valence-electron chi connectivity index (χ0n) is 20.0. The lowest BCUT2D eigenvalue weighted by Gasteiger charge is -2.20. The van der Waals surface area contributed by atoms with Gasteiger partial charge in [0.1, 0.15) is 18.9 Å². The monoisotopic (exact) mass is 512 g/mol. The first-order valence-corrected chi connectivity index (χ1v) is 13.1. The fourth-order valence-corrected chi connectivity index (χ4v) is 5.42. The van der Waals surface area contributed by atoms with Crippen LogP contribution in [0, 0.1) is 0 Å². The average Bonchev–Trinajstić information content (AvgIpc) is 3.31. The highest BCUT2D eigenvalue weighted by atomic mass is 32.2. The van der Waals surface area contributed by atoms with Crippen molar-refractivity contribution in [1.29, 1.82) is 0 Å². The third kappa shape index (κ3) is 5.92. The number of esters is 2. The quantitative estimate of drug-likeness (QED) is 0.253. The molecule has 0 unspecified atom stereocenters. The van der Waals surface area contributed by atoms with Crippen molar-refractivity contribution >= 4 is 23.7 Å². The molecule has 3 atom stereocenters. The van der Waals surface area contributed by atoms with Crippen LogP contribution in [0.5, 0.6) is 0 Å². The molecule has 4 nitrogen and oxygen atoms in total. The standard InChI is InChI=1S/C31H25FO4S/c32-27-20-37-28(19-35-30(33)25-15-11-23(12-16-25)21-7-3-1-4-8-21)29(27)36-31(34)26-17-13-24(14-18-26)22-9-5-2-6-10-22/h1-18,27-29H,19-20H2/t27-,28-,29+/m1/s1. The van der Waals surface area contributed by atoms with E-state index in [4.69, 9.17) is 9.47 Å². The summed E-state index contributed by atoms with van der Waals surface area (Å²) in [4.78, 5) is 25.3. The fourth-order valence-electron chi connectivity index (χ4n) is 4.22. The van der Waals surface area contributed by atoms with Gasteiger partial charge in [-0.15, -0.1) is 11.8 Å². The maximum atomic E-state index is 14.6. The lowest BCUT2D eigenvalue weighted by Crippen LogP contribution is -2.35. The van der Waals surface area contributed by atoms with Gasteiger partial charge in [0.15, 0.2) is 0 Å². The number of halogens is 1. The molecule has 0 saturated carbocycles. The molecule has 0 bridgehead atoms. The minimum atomic E-state index is -1.33. The first-order valence-electron chi connectivity index (χ1n) is 12.0. The van der Waals surface area contributed by atoms with Gasteiger partial charge in [-0.1, -0.05) is 84.9 Å². The Bertz CT molecular complexity index is 1340. The van der Waals surface area contributed by atoms with Crippen molar-refractivity contribution in [3.63, 3.8) is 0 Å². The van der Waals surface area contributed by atoms with Gasteiger partial charge in [0.05, 0.1) is 16.4 Å². The predicted octanol–water partition coefficient (Wildman–Crippen LogP) is 6.86. The van der Waals surface area contributed by atoms with Gasteiger partial charge in [0.25, 0.3) is 0 Å². The summed E-state index contributed by atoms with van der Waals surface area (Å²) in [5.74, 6) is -0.912. The number of carbonyl (C=O) groups excluding carboxylic acids is 2. The van der Waals surface area contributed by atoms with E-state index in [-0.39, 0.29) is 12.4 Å². The summed E-state index contributed by atoms with van der Waals surface area (Å²) < 4.78 is 25.6. The van der Waals surface area contributed by atoms with Crippen LogP contribution in [0.1, 0.15) is 20.7 Å². The lowest BCUT2D eigenvalue weighted by atomic mass is 10.0. The Balaban J connectivity index is 1.18. The van der Waals surface area contributed by atoms with E-state index >= 15 is 0 Å². The fraction of sp³-hybridized carbons (Fsp3) is 0.161. The van der Waals surface area contributed by atoms with Crippen LogP contribution in [0.4, 0.5) is 4.39 Å². The van der Waals surface area contributed by atoms with Gasteiger partial charge in [0.2, 0.25) is 0 Å². The second kappa shape index (κ2) is 11.4. The van der Waals surface area contributed by atoms with Crippen molar-refractivity contribution < 1.29 is 23.5 Å². The molecule has 37 heavy (non-hydrogen) atoms. The van der Waals surface area contributed by atoms with Gasteiger partial charge in [-0.2, -0.15) is 0 Å². The van der Waals surface area contributed by atoms with Crippen molar-refractivity contribution in [2.75, 3.05) is 12.4 Å². The normalized spacial score (nSPS) is 18.8. The molecule has 1 aliphatic heterocycles. The molecule has 0 radical (unpaired) electrons. The molecular formula is C31H25FO4S. The number of rotatable bonds is 7. The van der Waals surface area contributed by atoms with Crippen LogP contribution >= 0.6 is 11.8 Å². The number of thioether (sulfide) groups is 1. The van der Waals surface area contributed by atoms with E-state index < -0.39 is 29.5 Å². The number of benzene rings is 4. The Morgan fingerprint density at radius 1 is 0.676 bits per heavy atom. The number of carbonyl (C=O) groups is 2. The average molecular weight is 513 g/mol. The molecule has 4 aromatic rings. The van der Waals surface area contributed by atoms with Crippen LogP contribution in [0.2, 0.25) is 0 Å². The third-order valence-corrected chi connectivity index (χ3v) is 7.61. The highest BCUT2D eigenvalue weighted by Gasteiger charge is 2.41. The van der Waals surface area contributed by atoms with E-state index in [2.05, 4.69) is 0 Å². The highest BCUT2D eigenvalue weighted by Crippen LogP contribution is 2.33. The van der Waals surface area contributed by atoms with Crippen molar-refractivity contribution in [2.24, 2.45) is 0 Å². The largest absolute Gasteiger partial charge is 0.461 e. The summed E-state index contributed by atoms with van der Waals surface area (Å²) in [6, 6.07) is 33.8. The first-order chi connectivity index (χ1) is 18.1. The molecule has 0 amide bonds. The molecular weight excluding hydrogens is 487 g/mol. The predicted molar refractivity (Wildman–Crippen MR) is 144 cm³/mol. The molecule has 0 spiro atoms. The van der Waals surface area contributed by atoms with Crippen LogP contribution < -0.4 is 0 Å². The van der Waals surface area contributed by atoms with Crippen molar-refractivity contribution in [3.8, 4) is 22.3 Å². The highest BCUT2D eigenvalue weighted by molar-refractivity contribution is 8.00. The van der Waals surface area contributed by atoms with E-state index in [1.165, 1.54) is 11.8 Å². The Kier molecular flexibility index (Phi) is 7.66. The smallest absolute Gasteiger partial charge is 0.338 e. The van der Waals surface area contributed by atoms with Gasteiger partial charge in [-0.25, -0.2) is 14.0 Å². The molecule has 5 rings (SSSR count). The Hall–Kier alpha value is -3.90. The number of hydrogen-bond donors (Lipinski definition) is 0. The molecule has 0 aliphatic carbocycles. The zero-order chi connectivity index (χ0) is 25.6. The first kappa shape index (κ1) is 24.8. The van der Waals surface area contributed by atoms with Crippen molar-refractivity contribution in [1.82, 2.24) is 0 Å². The van der Waals surface area contributed by atoms with Crippen LogP contribution in [0.3, 0.4) is 0 Å². The summed E-state index contributed by atoms with van der Waals surface area (Å²) in [5.41, 5.74) is 4.81. The molecule has 1 heterocycles. The molecule has 6 heteroatoms. The van der Waals surface area contributed by atoms with E-state index in [9.17, 15) is 14.0 Å². The van der Waals surface area contributed by atoms with Gasteiger partial charge in [0, 0.05) is 5.75 Å². The molecule has 0 N–H and O–H groups in total. The van der Waals surface area contributed by atoms with Crippen LogP contribution in [-0.4, -0.2) is 41.8 Å². The minimum absolute atomic E-state index is 0.0464. The van der Waals surface area contributed by atoms with Gasteiger partial charge < -0.3 is 9.47 Å². The second-order valence-corrected chi connectivity index (χ2v) is 10.0. The Morgan fingerprint density at radius 3 is 1.65 bits per heavy atom. The van der Waals surface area contributed by atoms with E-state index in [1.54, 1.807) is 24.3 Å². The molecule has 1 fully saturated rings. The number of ether oxygens (including phenoxy) is 2. The van der Waals surface area contributed by atoms with E-state index in [0.717, 1.165) is 22.3 Å². The zero-order valence-corrected chi connectivity index (χ0v) is 20.8. The SMILES string of the molecule is O=C(OC[C@H]1SC[C@@H](F)[C@@H]1OC(=O)c1ccc(-c2ccccc2)cc1)c1ccc(-c2ccccc2)cc1. The molecule has 4 aromatic carbocycles. The topological polar surface area (TPSA) is 52.6 Å². The van der Waals surface area contributed by atoms with Crippen molar-refractivity contribution in [3.05, 3.63) is 120 Å². The Morgan fingerprint density at radius 2 is 1.14 bits per heavy atom. The molecule has 186 valence electrons. The molecule has 1 aliphatic rings. The summed E-state index contributed by atoms with van der Waals surface area (Å²) >= 11 is 1.30. The van der Waals surface area contributed by atoms with Gasteiger partial charge in [-0.3, -0.25) is 0 Å².